The Kier molecular flexibility index (Phi) is 6.47. The minimum atomic E-state index is 0.683. The molecule has 0 radical (unpaired) electrons. The highest BCUT2D eigenvalue weighted by atomic mass is 14.9. The summed E-state index contributed by atoms with van der Waals surface area (Å²) in [5.74, 6) is 0.683. The summed E-state index contributed by atoms with van der Waals surface area (Å²) in [6, 6.07) is 56.7. The quantitative estimate of drug-likeness (QED) is 0.196. The molecule has 8 rings (SSSR count). The summed E-state index contributed by atoms with van der Waals surface area (Å²) in [6.07, 6.45) is 0. The monoisotopic (exact) mass is 561 g/mol. The van der Waals surface area contributed by atoms with Gasteiger partial charge in [0.2, 0.25) is 0 Å². The van der Waals surface area contributed by atoms with Crippen LogP contribution in [0.1, 0.15) is 0 Å². The molecule has 0 aliphatic heterocycles. The highest BCUT2D eigenvalue weighted by molar-refractivity contribution is 6.13. The smallest absolute Gasteiger partial charge is 0.160 e. The molecule has 0 spiro atoms. The molecule has 6 aromatic carbocycles. The molecular formula is C41H27N3. The fourth-order valence-corrected chi connectivity index (χ4v) is 5.91. The number of hydrogen-bond donors (Lipinski definition) is 0. The zero-order valence-corrected chi connectivity index (χ0v) is 23.9. The Morgan fingerprint density at radius 1 is 0.341 bits per heavy atom. The molecule has 0 saturated heterocycles. The van der Waals surface area contributed by atoms with E-state index < -0.39 is 0 Å². The predicted octanol–water partition coefficient (Wildman–Crippen LogP) is 10.5. The van der Waals surface area contributed by atoms with Crippen LogP contribution in [0.4, 0.5) is 0 Å². The van der Waals surface area contributed by atoms with Crippen LogP contribution >= 0.6 is 0 Å². The molecule has 2 aromatic heterocycles. The van der Waals surface area contributed by atoms with E-state index in [1.165, 1.54) is 27.3 Å². The van der Waals surface area contributed by atoms with Gasteiger partial charge >= 0.3 is 0 Å². The number of rotatable bonds is 5. The molecule has 0 aliphatic carbocycles. The van der Waals surface area contributed by atoms with E-state index in [-0.39, 0.29) is 0 Å². The number of nitrogens with zero attached hydrogens (tertiary/aromatic N) is 3. The third-order valence-corrected chi connectivity index (χ3v) is 8.06. The minimum absolute atomic E-state index is 0.683. The second kappa shape index (κ2) is 11.0. The first-order valence-electron chi connectivity index (χ1n) is 14.8. The molecular weight excluding hydrogens is 534 g/mol. The van der Waals surface area contributed by atoms with E-state index in [2.05, 4.69) is 127 Å². The highest BCUT2D eigenvalue weighted by Crippen LogP contribution is 2.37. The Bertz CT molecular complexity index is 2200. The van der Waals surface area contributed by atoms with Crippen molar-refractivity contribution in [2.24, 2.45) is 0 Å². The summed E-state index contributed by atoms with van der Waals surface area (Å²) in [6.45, 7) is 0. The summed E-state index contributed by atoms with van der Waals surface area (Å²) in [4.78, 5) is 15.3. The van der Waals surface area contributed by atoms with E-state index in [1.54, 1.807) is 0 Å². The van der Waals surface area contributed by atoms with Crippen molar-refractivity contribution in [3.05, 3.63) is 164 Å². The molecule has 0 saturated carbocycles. The molecule has 0 aliphatic rings. The lowest BCUT2D eigenvalue weighted by atomic mass is 9.94. The fraction of sp³-hybridized carbons (Fsp3) is 0. The molecule has 3 nitrogen and oxygen atoms in total. The molecule has 3 heteroatoms. The topological polar surface area (TPSA) is 38.7 Å². The van der Waals surface area contributed by atoms with E-state index >= 15 is 0 Å². The number of fused-ring (bicyclic) bond motifs is 3. The fourth-order valence-electron chi connectivity index (χ4n) is 5.91. The Morgan fingerprint density at radius 2 is 0.886 bits per heavy atom. The number of hydrogen-bond acceptors (Lipinski definition) is 3. The average molecular weight is 562 g/mol. The maximum Gasteiger partial charge on any atom is 0.160 e. The van der Waals surface area contributed by atoms with Gasteiger partial charge in [0.25, 0.3) is 0 Å². The van der Waals surface area contributed by atoms with Gasteiger partial charge in [0.1, 0.15) is 0 Å². The van der Waals surface area contributed by atoms with Crippen LogP contribution in [0.5, 0.6) is 0 Å². The van der Waals surface area contributed by atoms with Crippen molar-refractivity contribution in [3.63, 3.8) is 0 Å². The first-order valence-corrected chi connectivity index (χ1v) is 14.8. The Labute approximate surface area is 256 Å². The Morgan fingerprint density at radius 3 is 1.57 bits per heavy atom. The second-order valence-electron chi connectivity index (χ2n) is 10.9. The van der Waals surface area contributed by atoms with Gasteiger partial charge < -0.3 is 0 Å². The van der Waals surface area contributed by atoms with Crippen LogP contribution in [-0.4, -0.2) is 15.0 Å². The van der Waals surface area contributed by atoms with E-state index in [4.69, 9.17) is 15.0 Å². The lowest BCUT2D eigenvalue weighted by Gasteiger charge is -2.14. The van der Waals surface area contributed by atoms with Crippen LogP contribution in [-0.2, 0) is 0 Å². The van der Waals surface area contributed by atoms with Gasteiger partial charge in [-0.3, -0.25) is 0 Å². The minimum Gasteiger partial charge on any atom is -0.248 e. The standard InChI is InChI=1S/C41H27N3/c1-4-13-28(14-5-1)35-26-37(42-36-24-23-29-15-10-11-22-34(29)40(35)36)32-20-12-21-33(25-32)41-43-38(30-16-6-2-7-17-30)27-39(44-41)31-18-8-3-9-19-31/h1-27H. The molecule has 206 valence electrons. The van der Waals surface area contributed by atoms with Crippen molar-refractivity contribution in [3.8, 4) is 56.3 Å². The van der Waals surface area contributed by atoms with Crippen LogP contribution in [0.15, 0.2) is 164 Å². The van der Waals surface area contributed by atoms with Crippen molar-refractivity contribution >= 4 is 21.7 Å². The second-order valence-corrected chi connectivity index (χ2v) is 10.9. The number of aromatic nitrogens is 3. The van der Waals surface area contributed by atoms with Crippen molar-refractivity contribution in [1.82, 2.24) is 15.0 Å². The molecule has 0 unspecified atom stereocenters. The molecule has 8 aromatic rings. The highest BCUT2D eigenvalue weighted by Gasteiger charge is 2.15. The van der Waals surface area contributed by atoms with Gasteiger partial charge in [-0.1, -0.05) is 140 Å². The lowest BCUT2D eigenvalue weighted by Crippen LogP contribution is -1.96. The number of benzene rings is 6. The maximum atomic E-state index is 5.21. The summed E-state index contributed by atoms with van der Waals surface area (Å²) in [5.41, 5.74) is 10.1. The largest absolute Gasteiger partial charge is 0.248 e. The van der Waals surface area contributed by atoms with E-state index in [1.807, 2.05) is 36.4 Å². The molecule has 0 N–H and O–H groups in total. The third kappa shape index (κ3) is 4.81. The van der Waals surface area contributed by atoms with Crippen molar-refractivity contribution in [2.75, 3.05) is 0 Å². The van der Waals surface area contributed by atoms with Crippen LogP contribution < -0.4 is 0 Å². The first-order chi connectivity index (χ1) is 21.8. The van der Waals surface area contributed by atoms with Gasteiger partial charge in [0.05, 0.1) is 22.6 Å². The van der Waals surface area contributed by atoms with Crippen molar-refractivity contribution < 1.29 is 0 Å². The van der Waals surface area contributed by atoms with Gasteiger partial charge in [-0.25, -0.2) is 15.0 Å². The average Bonchev–Trinajstić information content (AvgIpc) is 3.12. The van der Waals surface area contributed by atoms with Gasteiger partial charge in [0.15, 0.2) is 5.82 Å². The normalized spacial score (nSPS) is 11.2. The summed E-state index contributed by atoms with van der Waals surface area (Å²) >= 11 is 0. The summed E-state index contributed by atoms with van der Waals surface area (Å²) < 4.78 is 0. The Hall–Kier alpha value is -5.93. The summed E-state index contributed by atoms with van der Waals surface area (Å²) in [7, 11) is 0. The van der Waals surface area contributed by atoms with Gasteiger partial charge in [0, 0.05) is 27.6 Å². The third-order valence-electron chi connectivity index (χ3n) is 8.06. The molecule has 0 bridgehead atoms. The van der Waals surface area contributed by atoms with Gasteiger partial charge in [-0.2, -0.15) is 0 Å². The van der Waals surface area contributed by atoms with Crippen LogP contribution in [0.2, 0.25) is 0 Å². The van der Waals surface area contributed by atoms with E-state index in [0.717, 1.165) is 44.9 Å². The van der Waals surface area contributed by atoms with Crippen molar-refractivity contribution in [2.45, 2.75) is 0 Å². The van der Waals surface area contributed by atoms with Crippen molar-refractivity contribution in [1.29, 1.82) is 0 Å². The molecule has 0 amide bonds. The zero-order valence-electron chi connectivity index (χ0n) is 23.9. The van der Waals surface area contributed by atoms with Crippen LogP contribution in [0.25, 0.3) is 78.0 Å². The van der Waals surface area contributed by atoms with Crippen LogP contribution in [0, 0.1) is 0 Å². The Balaban J connectivity index is 1.31. The SMILES string of the molecule is c1ccc(-c2cc(-c3ccccc3)nc(-c3cccc(-c4cc(-c5ccccc5)c5c(ccc6ccccc65)n4)c3)n2)cc1. The van der Waals surface area contributed by atoms with E-state index in [0.29, 0.717) is 5.82 Å². The summed E-state index contributed by atoms with van der Waals surface area (Å²) in [5, 5.41) is 3.58. The lowest BCUT2D eigenvalue weighted by molar-refractivity contribution is 1.18. The van der Waals surface area contributed by atoms with E-state index in [9.17, 15) is 0 Å². The molecule has 44 heavy (non-hydrogen) atoms. The predicted molar refractivity (Wildman–Crippen MR) is 182 cm³/mol. The molecule has 2 heterocycles. The molecule has 0 atom stereocenters. The van der Waals surface area contributed by atoms with Gasteiger partial charge in [-0.15, -0.1) is 0 Å². The zero-order chi connectivity index (χ0) is 29.3. The number of pyridine rings is 1. The van der Waals surface area contributed by atoms with Gasteiger partial charge in [-0.05, 0) is 46.2 Å². The maximum absolute atomic E-state index is 5.21. The first kappa shape index (κ1) is 25.8. The molecule has 0 fully saturated rings. The van der Waals surface area contributed by atoms with Crippen LogP contribution in [0.3, 0.4) is 0 Å².